The van der Waals surface area contributed by atoms with Crippen LogP contribution in [0.4, 0.5) is 10.3 Å². The molecule has 0 saturated carbocycles. The molecule has 1 aromatic heterocycles. The third-order valence-corrected chi connectivity index (χ3v) is 2.48. The van der Waals surface area contributed by atoms with Gasteiger partial charge in [-0.05, 0) is 44.5 Å². The van der Waals surface area contributed by atoms with Gasteiger partial charge in [-0.2, -0.15) is 0 Å². The predicted molar refractivity (Wildman–Crippen MR) is 67.0 cm³/mol. The molecule has 0 radical (unpaired) electrons. The molecule has 0 amide bonds. The van der Waals surface area contributed by atoms with E-state index in [9.17, 15) is 4.39 Å². The molecule has 1 aromatic carbocycles. The van der Waals surface area contributed by atoms with Crippen molar-refractivity contribution >= 4 is 5.95 Å². The van der Waals surface area contributed by atoms with E-state index in [4.69, 9.17) is 0 Å². The van der Waals surface area contributed by atoms with Crippen LogP contribution in [0, 0.1) is 12.7 Å². The summed E-state index contributed by atoms with van der Waals surface area (Å²) in [7, 11) is 0. The summed E-state index contributed by atoms with van der Waals surface area (Å²) in [5, 5.41) is 3.24. The molecule has 17 heavy (non-hydrogen) atoms. The number of halogens is 1. The SMILES string of the molecule is Cc1cc(-n2ccnc2NC(C)C)ccc1F. The van der Waals surface area contributed by atoms with Crippen molar-refractivity contribution < 1.29 is 4.39 Å². The molecular weight excluding hydrogens is 217 g/mol. The van der Waals surface area contributed by atoms with Gasteiger partial charge in [-0.25, -0.2) is 9.37 Å². The maximum atomic E-state index is 13.2. The lowest BCUT2D eigenvalue weighted by molar-refractivity contribution is 0.618. The molecule has 0 spiro atoms. The van der Waals surface area contributed by atoms with Gasteiger partial charge in [0, 0.05) is 24.1 Å². The van der Waals surface area contributed by atoms with Gasteiger partial charge in [0.25, 0.3) is 0 Å². The van der Waals surface area contributed by atoms with Crippen LogP contribution in [0.5, 0.6) is 0 Å². The summed E-state index contributed by atoms with van der Waals surface area (Å²) in [6, 6.07) is 5.33. The van der Waals surface area contributed by atoms with Gasteiger partial charge in [0.05, 0.1) is 0 Å². The zero-order chi connectivity index (χ0) is 12.4. The minimum absolute atomic E-state index is 0.188. The van der Waals surface area contributed by atoms with Crippen molar-refractivity contribution in [3.63, 3.8) is 0 Å². The minimum Gasteiger partial charge on any atom is -0.353 e. The number of hydrogen-bond acceptors (Lipinski definition) is 2. The Bertz CT molecular complexity index is 517. The van der Waals surface area contributed by atoms with Gasteiger partial charge < -0.3 is 5.32 Å². The number of anilines is 1. The lowest BCUT2D eigenvalue weighted by atomic mass is 10.2. The summed E-state index contributed by atoms with van der Waals surface area (Å²) in [6.45, 7) is 5.86. The summed E-state index contributed by atoms with van der Waals surface area (Å²) in [4.78, 5) is 4.24. The number of imidazole rings is 1. The Morgan fingerprint density at radius 3 is 2.76 bits per heavy atom. The molecule has 0 aliphatic heterocycles. The highest BCUT2D eigenvalue weighted by Gasteiger charge is 2.07. The number of benzene rings is 1. The van der Waals surface area contributed by atoms with Crippen LogP contribution in [0.25, 0.3) is 5.69 Å². The molecule has 2 rings (SSSR count). The van der Waals surface area contributed by atoms with Crippen molar-refractivity contribution in [3.05, 3.63) is 42.0 Å². The molecule has 0 aliphatic carbocycles. The van der Waals surface area contributed by atoms with Crippen molar-refractivity contribution in [3.8, 4) is 5.69 Å². The van der Waals surface area contributed by atoms with E-state index >= 15 is 0 Å². The van der Waals surface area contributed by atoms with Crippen LogP contribution in [-0.2, 0) is 0 Å². The fraction of sp³-hybridized carbons (Fsp3) is 0.308. The van der Waals surface area contributed by atoms with Crippen LogP contribution >= 0.6 is 0 Å². The summed E-state index contributed by atoms with van der Waals surface area (Å²) in [5.74, 6) is 0.582. The van der Waals surface area contributed by atoms with Crippen LogP contribution in [0.15, 0.2) is 30.6 Å². The average molecular weight is 233 g/mol. The van der Waals surface area contributed by atoms with Crippen molar-refractivity contribution in [2.45, 2.75) is 26.8 Å². The van der Waals surface area contributed by atoms with Gasteiger partial charge in [0.2, 0.25) is 5.95 Å². The van der Waals surface area contributed by atoms with Crippen molar-refractivity contribution in [1.82, 2.24) is 9.55 Å². The molecule has 0 unspecified atom stereocenters. The second-order valence-electron chi connectivity index (χ2n) is 4.35. The Balaban J connectivity index is 2.39. The molecule has 90 valence electrons. The minimum atomic E-state index is -0.188. The highest BCUT2D eigenvalue weighted by Crippen LogP contribution is 2.17. The summed E-state index contributed by atoms with van der Waals surface area (Å²) >= 11 is 0. The first-order valence-corrected chi connectivity index (χ1v) is 5.64. The normalized spacial score (nSPS) is 10.9. The highest BCUT2D eigenvalue weighted by atomic mass is 19.1. The molecule has 1 heterocycles. The third kappa shape index (κ3) is 2.46. The van der Waals surface area contributed by atoms with Gasteiger partial charge in [-0.15, -0.1) is 0 Å². The monoisotopic (exact) mass is 233 g/mol. The lowest BCUT2D eigenvalue weighted by Crippen LogP contribution is -2.13. The fourth-order valence-corrected chi connectivity index (χ4v) is 1.66. The molecule has 0 aliphatic rings. The lowest BCUT2D eigenvalue weighted by Gasteiger charge is -2.12. The first kappa shape index (κ1) is 11.6. The number of nitrogens with zero attached hydrogens (tertiary/aromatic N) is 2. The topological polar surface area (TPSA) is 29.9 Å². The summed E-state index contributed by atoms with van der Waals surface area (Å²) < 4.78 is 15.1. The fourth-order valence-electron chi connectivity index (χ4n) is 1.66. The molecule has 0 saturated heterocycles. The van der Waals surface area contributed by atoms with E-state index < -0.39 is 0 Å². The summed E-state index contributed by atoms with van der Waals surface area (Å²) in [5.41, 5.74) is 1.54. The van der Waals surface area contributed by atoms with E-state index in [0.717, 1.165) is 11.6 Å². The smallest absolute Gasteiger partial charge is 0.207 e. The molecule has 2 aromatic rings. The zero-order valence-electron chi connectivity index (χ0n) is 10.2. The van der Waals surface area contributed by atoms with Crippen LogP contribution < -0.4 is 5.32 Å². The van der Waals surface area contributed by atoms with Crippen molar-refractivity contribution in [2.24, 2.45) is 0 Å². The zero-order valence-corrected chi connectivity index (χ0v) is 10.2. The number of nitrogens with one attached hydrogen (secondary N) is 1. The molecular formula is C13H16FN3. The maximum Gasteiger partial charge on any atom is 0.207 e. The van der Waals surface area contributed by atoms with Gasteiger partial charge in [-0.1, -0.05) is 0 Å². The predicted octanol–water partition coefficient (Wildman–Crippen LogP) is 3.14. The van der Waals surface area contributed by atoms with Crippen LogP contribution in [0.2, 0.25) is 0 Å². The molecule has 0 atom stereocenters. The average Bonchev–Trinajstić information content (AvgIpc) is 2.69. The Labute approximate surface area is 100 Å². The van der Waals surface area contributed by atoms with Crippen LogP contribution in [0.3, 0.4) is 0 Å². The second-order valence-corrected chi connectivity index (χ2v) is 4.35. The Kier molecular flexibility index (Phi) is 3.13. The van der Waals surface area contributed by atoms with Gasteiger partial charge in [0.1, 0.15) is 5.82 Å². The number of aromatic nitrogens is 2. The number of rotatable bonds is 3. The quantitative estimate of drug-likeness (QED) is 0.882. The van der Waals surface area contributed by atoms with Crippen molar-refractivity contribution in [1.29, 1.82) is 0 Å². The molecule has 3 nitrogen and oxygen atoms in total. The number of aryl methyl sites for hydroxylation is 1. The summed E-state index contributed by atoms with van der Waals surface area (Å²) in [6.07, 6.45) is 3.58. The van der Waals surface area contributed by atoms with E-state index in [1.807, 2.05) is 16.8 Å². The van der Waals surface area contributed by atoms with E-state index in [2.05, 4.69) is 24.1 Å². The van der Waals surface area contributed by atoms with E-state index in [0.29, 0.717) is 11.6 Å². The van der Waals surface area contributed by atoms with Gasteiger partial charge in [-0.3, -0.25) is 4.57 Å². The van der Waals surface area contributed by atoms with E-state index in [-0.39, 0.29) is 5.82 Å². The van der Waals surface area contributed by atoms with E-state index in [1.165, 1.54) is 6.07 Å². The Hall–Kier alpha value is -1.84. The highest BCUT2D eigenvalue weighted by molar-refractivity contribution is 5.44. The van der Waals surface area contributed by atoms with Crippen molar-refractivity contribution in [2.75, 3.05) is 5.32 Å². The molecule has 0 fully saturated rings. The standard InChI is InChI=1S/C13H16FN3/c1-9(2)16-13-15-6-7-17(13)11-4-5-12(14)10(3)8-11/h4-9H,1-3H3,(H,15,16). The molecule has 1 N–H and O–H groups in total. The molecule has 4 heteroatoms. The van der Waals surface area contributed by atoms with Gasteiger partial charge >= 0.3 is 0 Å². The van der Waals surface area contributed by atoms with Crippen LogP contribution in [-0.4, -0.2) is 15.6 Å². The Morgan fingerprint density at radius 2 is 2.12 bits per heavy atom. The third-order valence-electron chi connectivity index (χ3n) is 2.48. The number of hydrogen-bond donors (Lipinski definition) is 1. The van der Waals surface area contributed by atoms with Crippen LogP contribution in [0.1, 0.15) is 19.4 Å². The molecule has 0 bridgehead atoms. The maximum absolute atomic E-state index is 13.2. The van der Waals surface area contributed by atoms with E-state index in [1.54, 1.807) is 19.2 Å². The second kappa shape index (κ2) is 4.57. The first-order chi connectivity index (χ1) is 8.08. The first-order valence-electron chi connectivity index (χ1n) is 5.64. The Morgan fingerprint density at radius 1 is 1.35 bits per heavy atom. The van der Waals surface area contributed by atoms with Gasteiger partial charge in [0.15, 0.2) is 0 Å². The largest absolute Gasteiger partial charge is 0.353 e.